The molecule has 1 aliphatic rings. The molecule has 0 bridgehead atoms. The molecular weight excluding hydrogens is 348 g/mol. The minimum atomic E-state index is -0.337. The van der Waals surface area contributed by atoms with Gasteiger partial charge in [-0.3, -0.25) is 4.79 Å². The first kappa shape index (κ1) is 17.3. The standard InChI is InChI=1S/C21H20O6/c1-21(2)7-6-13-17(27-21)9-15(23)18(20(13)25-3)14-10-26-16-8-11(22)4-5-12(16)19(14)24/h4-5,8-10,22-23H,6-7H2,1-3H3. The Hall–Kier alpha value is -3.15. The van der Waals surface area contributed by atoms with Gasteiger partial charge in [-0.1, -0.05) is 0 Å². The highest BCUT2D eigenvalue weighted by molar-refractivity contribution is 5.87. The van der Waals surface area contributed by atoms with Crippen LogP contribution >= 0.6 is 0 Å². The van der Waals surface area contributed by atoms with Crippen molar-refractivity contribution >= 4 is 11.0 Å². The Balaban J connectivity index is 1.98. The zero-order valence-corrected chi connectivity index (χ0v) is 15.3. The summed E-state index contributed by atoms with van der Waals surface area (Å²) in [5, 5.41) is 20.5. The topological polar surface area (TPSA) is 89.1 Å². The predicted molar refractivity (Wildman–Crippen MR) is 101 cm³/mol. The summed E-state index contributed by atoms with van der Waals surface area (Å²) in [7, 11) is 1.50. The van der Waals surface area contributed by atoms with Gasteiger partial charge in [0.25, 0.3) is 0 Å². The van der Waals surface area contributed by atoms with Crippen LogP contribution in [0.3, 0.4) is 0 Å². The van der Waals surface area contributed by atoms with Crippen molar-refractivity contribution in [2.75, 3.05) is 7.11 Å². The van der Waals surface area contributed by atoms with Gasteiger partial charge in [0, 0.05) is 17.7 Å². The molecule has 2 aromatic carbocycles. The van der Waals surface area contributed by atoms with Gasteiger partial charge in [-0.05, 0) is 38.8 Å². The maximum Gasteiger partial charge on any atom is 0.200 e. The Kier molecular flexibility index (Phi) is 3.80. The number of ether oxygens (including phenoxy) is 2. The number of methoxy groups -OCH3 is 1. The monoisotopic (exact) mass is 368 g/mol. The summed E-state index contributed by atoms with van der Waals surface area (Å²) in [6.45, 7) is 3.97. The van der Waals surface area contributed by atoms with E-state index >= 15 is 0 Å². The molecule has 0 fully saturated rings. The average Bonchev–Trinajstić information content (AvgIpc) is 2.60. The highest BCUT2D eigenvalue weighted by Gasteiger charge is 2.32. The Bertz CT molecular complexity index is 1110. The van der Waals surface area contributed by atoms with Crippen LogP contribution in [0.5, 0.6) is 23.0 Å². The van der Waals surface area contributed by atoms with Crippen molar-refractivity contribution in [2.45, 2.75) is 32.3 Å². The lowest BCUT2D eigenvalue weighted by Crippen LogP contribution is -2.32. The first-order valence-corrected chi connectivity index (χ1v) is 8.67. The molecule has 2 heterocycles. The molecular formula is C21H20O6. The number of rotatable bonds is 2. The first-order chi connectivity index (χ1) is 12.8. The van der Waals surface area contributed by atoms with Crippen LogP contribution < -0.4 is 14.9 Å². The van der Waals surface area contributed by atoms with Crippen LogP contribution in [0, 0.1) is 0 Å². The average molecular weight is 368 g/mol. The highest BCUT2D eigenvalue weighted by Crippen LogP contribution is 2.48. The van der Waals surface area contributed by atoms with Crippen molar-refractivity contribution in [3.05, 3.63) is 46.3 Å². The van der Waals surface area contributed by atoms with Crippen molar-refractivity contribution in [3.63, 3.8) is 0 Å². The molecule has 1 aromatic heterocycles. The zero-order chi connectivity index (χ0) is 19.3. The van der Waals surface area contributed by atoms with Gasteiger partial charge in [0.2, 0.25) is 5.43 Å². The van der Waals surface area contributed by atoms with E-state index in [1.54, 1.807) is 0 Å². The highest BCUT2D eigenvalue weighted by atomic mass is 16.5. The van der Waals surface area contributed by atoms with Crippen LogP contribution in [-0.4, -0.2) is 22.9 Å². The van der Waals surface area contributed by atoms with E-state index in [-0.39, 0.29) is 39.2 Å². The minimum Gasteiger partial charge on any atom is -0.508 e. The third kappa shape index (κ3) is 2.77. The second-order valence-electron chi connectivity index (χ2n) is 7.30. The first-order valence-electron chi connectivity index (χ1n) is 8.67. The number of hydrogen-bond donors (Lipinski definition) is 2. The van der Waals surface area contributed by atoms with Crippen molar-refractivity contribution in [1.29, 1.82) is 0 Å². The molecule has 0 amide bonds. The molecule has 0 radical (unpaired) electrons. The third-order valence-electron chi connectivity index (χ3n) is 4.92. The Morgan fingerprint density at radius 3 is 2.70 bits per heavy atom. The molecule has 0 aliphatic carbocycles. The van der Waals surface area contributed by atoms with Gasteiger partial charge < -0.3 is 24.1 Å². The van der Waals surface area contributed by atoms with Gasteiger partial charge in [0.15, 0.2) is 0 Å². The molecule has 0 spiro atoms. The molecule has 3 aromatic rings. The fourth-order valence-corrected chi connectivity index (χ4v) is 3.54. The van der Waals surface area contributed by atoms with E-state index < -0.39 is 0 Å². The molecule has 0 atom stereocenters. The van der Waals surface area contributed by atoms with Gasteiger partial charge in [0.1, 0.15) is 40.4 Å². The molecule has 140 valence electrons. The molecule has 0 saturated carbocycles. The van der Waals surface area contributed by atoms with Gasteiger partial charge in [0.05, 0.1) is 23.6 Å². The lowest BCUT2D eigenvalue weighted by atomic mass is 9.90. The summed E-state index contributed by atoms with van der Waals surface area (Å²) in [6.07, 6.45) is 2.76. The quantitative estimate of drug-likeness (QED) is 0.711. The van der Waals surface area contributed by atoms with Crippen LogP contribution in [-0.2, 0) is 6.42 Å². The summed E-state index contributed by atoms with van der Waals surface area (Å²) in [5.74, 6) is 0.853. The molecule has 1 aliphatic heterocycles. The summed E-state index contributed by atoms with van der Waals surface area (Å²) in [5.41, 5.74) is 0.899. The summed E-state index contributed by atoms with van der Waals surface area (Å²) >= 11 is 0. The molecule has 4 rings (SSSR count). The SMILES string of the molecule is COc1c2c(cc(O)c1-c1coc3cc(O)ccc3c1=O)OC(C)(C)CC2. The van der Waals surface area contributed by atoms with Crippen LogP contribution in [0.15, 0.2) is 39.7 Å². The van der Waals surface area contributed by atoms with Gasteiger partial charge >= 0.3 is 0 Å². The Labute approximate surface area is 155 Å². The maximum absolute atomic E-state index is 13.0. The zero-order valence-electron chi connectivity index (χ0n) is 15.3. The van der Waals surface area contributed by atoms with Crippen LogP contribution in [0.4, 0.5) is 0 Å². The summed E-state index contributed by atoms with van der Waals surface area (Å²) < 4.78 is 17.1. The van der Waals surface area contributed by atoms with E-state index in [0.29, 0.717) is 23.3 Å². The smallest absolute Gasteiger partial charge is 0.200 e. The van der Waals surface area contributed by atoms with Crippen molar-refractivity contribution < 1.29 is 24.1 Å². The minimum absolute atomic E-state index is 0.00683. The lowest BCUT2D eigenvalue weighted by Gasteiger charge is -2.34. The fourth-order valence-electron chi connectivity index (χ4n) is 3.54. The lowest BCUT2D eigenvalue weighted by molar-refractivity contribution is 0.0833. The van der Waals surface area contributed by atoms with E-state index in [1.165, 1.54) is 37.6 Å². The number of hydrogen-bond acceptors (Lipinski definition) is 6. The van der Waals surface area contributed by atoms with Crippen LogP contribution in [0.2, 0.25) is 0 Å². The number of fused-ring (bicyclic) bond motifs is 2. The summed E-state index contributed by atoms with van der Waals surface area (Å²) in [4.78, 5) is 13.0. The molecule has 6 heteroatoms. The third-order valence-corrected chi connectivity index (χ3v) is 4.92. The van der Waals surface area contributed by atoms with E-state index in [1.807, 2.05) is 13.8 Å². The largest absolute Gasteiger partial charge is 0.508 e. The van der Waals surface area contributed by atoms with Crippen molar-refractivity contribution in [1.82, 2.24) is 0 Å². The van der Waals surface area contributed by atoms with E-state index in [2.05, 4.69) is 0 Å². The number of aromatic hydroxyl groups is 2. The number of benzene rings is 2. The second-order valence-corrected chi connectivity index (χ2v) is 7.30. The fraction of sp³-hybridized carbons (Fsp3) is 0.286. The molecule has 27 heavy (non-hydrogen) atoms. The van der Waals surface area contributed by atoms with Crippen LogP contribution in [0.25, 0.3) is 22.1 Å². The Morgan fingerprint density at radius 1 is 1.19 bits per heavy atom. The van der Waals surface area contributed by atoms with E-state index in [0.717, 1.165) is 12.0 Å². The molecule has 2 N–H and O–H groups in total. The number of phenolic OH excluding ortho intramolecular Hbond substituents is 2. The molecule has 0 unspecified atom stereocenters. The van der Waals surface area contributed by atoms with Gasteiger partial charge in [-0.2, -0.15) is 0 Å². The molecule has 0 saturated heterocycles. The van der Waals surface area contributed by atoms with Crippen LogP contribution in [0.1, 0.15) is 25.8 Å². The van der Waals surface area contributed by atoms with Crippen molar-refractivity contribution in [2.24, 2.45) is 0 Å². The van der Waals surface area contributed by atoms with E-state index in [4.69, 9.17) is 13.9 Å². The second kappa shape index (κ2) is 5.94. The van der Waals surface area contributed by atoms with Gasteiger partial charge in [-0.25, -0.2) is 0 Å². The van der Waals surface area contributed by atoms with Gasteiger partial charge in [-0.15, -0.1) is 0 Å². The summed E-state index contributed by atoms with van der Waals surface area (Å²) in [6, 6.07) is 5.81. The maximum atomic E-state index is 13.0. The predicted octanol–water partition coefficient (Wildman–Crippen LogP) is 3.98. The normalized spacial score (nSPS) is 15.2. The van der Waals surface area contributed by atoms with E-state index in [9.17, 15) is 15.0 Å². The number of phenols is 2. The molecule has 6 nitrogen and oxygen atoms in total. The van der Waals surface area contributed by atoms with Crippen molar-refractivity contribution in [3.8, 4) is 34.1 Å². The Morgan fingerprint density at radius 2 is 1.96 bits per heavy atom.